The highest BCUT2D eigenvalue weighted by Crippen LogP contribution is 2.25. The van der Waals surface area contributed by atoms with Crippen molar-refractivity contribution < 1.29 is 4.79 Å². The molecule has 0 radical (unpaired) electrons. The van der Waals surface area contributed by atoms with Gasteiger partial charge in [-0.05, 0) is 25.5 Å². The van der Waals surface area contributed by atoms with Gasteiger partial charge in [0, 0.05) is 57.1 Å². The largest absolute Gasteiger partial charge is 0.354 e. The molecule has 3 aliphatic rings. The minimum absolute atomic E-state index is 0. The Balaban J connectivity index is 0.00000231. The first-order valence-electron chi connectivity index (χ1n) is 10.9. The average Bonchev–Trinajstić information content (AvgIpc) is 3.55. The van der Waals surface area contributed by atoms with Gasteiger partial charge in [-0.1, -0.05) is 25.6 Å². The van der Waals surface area contributed by atoms with Gasteiger partial charge in [0.2, 0.25) is 5.91 Å². The summed E-state index contributed by atoms with van der Waals surface area (Å²) in [4.78, 5) is 19.7. The lowest BCUT2D eigenvalue weighted by atomic mass is 10.1. The van der Waals surface area contributed by atoms with Crippen molar-refractivity contribution in [1.29, 1.82) is 0 Å². The number of anilines is 1. The molecule has 0 bridgehead atoms. The highest BCUT2D eigenvalue weighted by molar-refractivity contribution is 7.99. The van der Waals surface area contributed by atoms with Crippen LogP contribution in [0.4, 0.5) is 5.82 Å². The standard InChI is InChI=1S/C22H30N6OS.CH4/c1-17-13-21(28(24-17)18-5-3-2-4-6-18)26-9-7-25(8-10-26)19-14-20(23-15-19)22(29)27-11-12-30-16-27;/h2-6,13,19-20,23H,7-12,14-16H2,1H3;1H4/t19-,20-;/m0./s1. The van der Waals surface area contributed by atoms with Crippen LogP contribution in [0.2, 0.25) is 0 Å². The minimum atomic E-state index is -0.00566. The number of piperazine rings is 1. The summed E-state index contributed by atoms with van der Waals surface area (Å²) in [6.07, 6.45) is 0.932. The van der Waals surface area contributed by atoms with Crippen LogP contribution < -0.4 is 10.2 Å². The van der Waals surface area contributed by atoms with Crippen molar-refractivity contribution in [3.05, 3.63) is 42.1 Å². The second kappa shape index (κ2) is 9.63. The average molecular weight is 443 g/mol. The summed E-state index contributed by atoms with van der Waals surface area (Å²) >= 11 is 1.85. The van der Waals surface area contributed by atoms with Gasteiger partial charge in [0.25, 0.3) is 0 Å². The molecule has 7 nitrogen and oxygen atoms in total. The number of nitrogens with zero attached hydrogens (tertiary/aromatic N) is 5. The highest BCUT2D eigenvalue weighted by Gasteiger charge is 2.36. The molecule has 1 aromatic carbocycles. The fourth-order valence-electron chi connectivity index (χ4n) is 4.78. The van der Waals surface area contributed by atoms with Crippen LogP contribution >= 0.6 is 11.8 Å². The number of aromatic nitrogens is 2. The van der Waals surface area contributed by atoms with E-state index in [1.807, 2.05) is 22.7 Å². The summed E-state index contributed by atoms with van der Waals surface area (Å²) in [5, 5.41) is 8.21. The second-order valence-electron chi connectivity index (χ2n) is 8.40. The Morgan fingerprint density at radius 3 is 2.61 bits per heavy atom. The number of benzene rings is 1. The molecule has 0 unspecified atom stereocenters. The molecule has 5 rings (SSSR count). The van der Waals surface area contributed by atoms with Crippen LogP contribution in [0.15, 0.2) is 36.4 Å². The van der Waals surface area contributed by atoms with Crippen molar-refractivity contribution in [2.24, 2.45) is 0 Å². The van der Waals surface area contributed by atoms with E-state index in [2.05, 4.69) is 57.1 Å². The number of hydrogen-bond donors (Lipinski definition) is 1. The number of carbonyl (C=O) groups excluding carboxylic acids is 1. The van der Waals surface area contributed by atoms with E-state index < -0.39 is 0 Å². The minimum Gasteiger partial charge on any atom is -0.354 e. The first kappa shape index (κ1) is 22.2. The normalized spacial score (nSPS) is 24.4. The van der Waals surface area contributed by atoms with Gasteiger partial charge in [-0.3, -0.25) is 9.69 Å². The van der Waals surface area contributed by atoms with Crippen LogP contribution in [0.3, 0.4) is 0 Å². The topological polar surface area (TPSA) is 56.6 Å². The number of aryl methyl sites for hydroxylation is 1. The summed E-state index contributed by atoms with van der Waals surface area (Å²) in [5.74, 6) is 3.39. The number of hydrogen-bond acceptors (Lipinski definition) is 6. The molecule has 0 spiro atoms. The van der Waals surface area contributed by atoms with Gasteiger partial charge < -0.3 is 15.1 Å². The van der Waals surface area contributed by atoms with Crippen molar-refractivity contribution in [3.8, 4) is 5.69 Å². The van der Waals surface area contributed by atoms with Crippen molar-refractivity contribution >= 4 is 23.5 Å². The molecule has 1 N–H and O–H groups in total. The summed E-state index contributed by atoms with van der Waals surface area (Å²) in [6, 6.07) is 13.0. The van der Waals surface area contributed by atoms with E-state index in [4.69, 9.17) is 5.10 Å². The van der Waals surface area contributed by atoms with Gasteiger partial charge in [-0.2, -0.15) is 5.10 Å². The monoisotopic (exact) mass is 442 g/mol. The van der Waals surface area contributed by atoms with E-state index >= 15 is 0 Å². The highest BCUT2D eigenvalue weighted by atomic mass is 32.2. The zero-order valence-corrected chi connectivity index (χ0v) is 18.4. The van der Waals surface area contributed by atoms with Crippen molar-refractivity contribution in [1.82, 2.24) is 24.9 Å². The third-order valence-corrected chi connectivity index (χ3v) is 7.40. The summed E-state index contributed by atoms with van der Waals surface area (Å²) < 4.78 is 2.06. The van der Waals surface area contributed by atoms with Gasteiger partial charge in [0.05, 0.1) is 23.3 Å². The van der Waals surface area contributed by atoms with Gasteiger partial charge in [0.1, 0.15) is 5.82 Å². The quantitative estimate of drug-likeness (QED) is 0.784. The molecule has 8 heteroatoms. The number of para-hydroxylation sites is 1. The Morgan fingerprint density at radius 2 is 1.90 bits per heavy atom. The van der Waals surface area contributed by atoms with Gasteiger partial charge in [-0.25, -0.2) is 4.68 Å². The maximum absolute atomic E-state index is 12.7. The molecular weight excluding hydrogens is 408 g/mol. The second-order valence-corrected chi connectivity index (χ2v) is 9.48. The zero-order chi connectivity index (χ0) is 20.5. The van der Waals surface area contributed by atoms with Crippen LogP contribution in [0, 0.1) is 6.92 Å². The van der Waals surface area contributed by atoms with Crippen LogP contribution in [0.5, 0.6) is 0 Å². The maximum Gasteiger partial charge on any atom is 0.240 e. The third-order valence-electron chi connectivity index (χ3n) is 6.44. The molecular formula is C23H34N6OS. The molecule has 1 amide bonds. The Bertz CT molecular complexity index is 873. The molecule has 3 fully saturated rings. The van der Waals surface area contributed by atoms with E-state index in [1.54, 1.807) is 0 Å². The maximum atomic E-state index is 12.7. The Hall–Kier alpha value is -2.03. The van der Waals surface area contributed by atoms with Crippen LogP contribution in [-0.2, 0) is 4.79 Å². The molecule has 1 aromatic heterocycles. The number of rotatable bonds is 4. The lowest BCUT2D eigenvalue weighted by Gasteiger charge is -2.38. The molecule has 4 heterocycles. The van der Waals surface area contributed by atoms with Crippen LogP contribution in [-0.4, -0.2) is 88.5 Å². The number of nitrogens with one attached hydrogen (secondary N) is 1. The molecule has 0 saturated carbocycles. The third kappa shape index (κ3) is 4.61. The predicted octanol–water partition coefficient (Wildman–Crippen LogP) is 2.20. The van der Waals surface area contributed by atoms with Gasteiger partial charge >= 0.3 is 0 Å². The van der Waals surface area contributed by atoms with E-state index in [0.717, 1.165) is 68.7 Å². The van der Waals surface area contributed by atoms with E-state index in [9.17, 15) is 4.79 Å². The van der Waals surface area contributed by atoms with Crippen molar-refractivity contribution in [2.75, 3.05) is 55.8 Å². The summed E-state index contributed by atoms with van der Waals surface area (Å²) in [5.41, 5.74) is 2.14. The smallest absolute Gasteiger partial charge is 0.240 e. The number of thioether (sulfide) groups is 1. The summed E-state index contributed by atoms with van der Waals surface area (Å²) in [7, 11) is 0. The van der Waals surface area contributed by atoms with Crippen LogP contribution in [0.25, 0.3) is 5.69 Å². The van der Waals surface area contributed by atoms with Crippen molar-refractivity contribution in [2.45, 2.75) is 32.9 Å². The Kier molecular flexibility index (Phi) is 6.89. The Morgan fingerprint density at radius 1 is 1.13 bits per heavy atom. The zero-order valence-electron chi connectivity index (χ0n) is 17.5. The molecule has 31 heavy (non-hydrogen) atoms. The lowest BCUT2D eigenvalue weighted by molar-refractivity contribution is -0.131. The number of amides is 1. The predicted molar refractivity (Wildman–Crippen MR) is 128 cm³/mol. The summed E-state index contributed by atoms with van der Waals surface area (Å²) in [6.45, 7) is 7.88. The SMILES string of the molecule is C.Cc1cc(N2CCN([C@@H]3CN[C@H](C(=O)N4CCSC4)C3)CC2)n(-c2ccccc2)n1. The molecule has 3 saturated heterocycles. The van der Waals surface area contributed by atoms with E-state index in [1.165, 1.54) is 5.82 Å². The lowest BCUT2D eigenvalue weighted by Crippen LogP contribution is -2.51. The Labute approximate surface area is 189 Å². The van der Waals surface area contributed by atoms with Crippen LogP contribution in [0.1, 0.15) is 19.5 Å². The fraction of sp³-hybridized carbons (Fsp3) is 0.565. The molecule has 168 valence electrons. The van der Waals surface area contributed by atoms with Crippen molar-refractivity contribution in [3.63, 3.8) is 0 Å². The first-order chi connectivity index (χ1) is 14.7. The first-order valence-corrected chi connectivity index (χ1v) is 12.1. The fourth-order valence-corrected chi connectivity index (χ4v) is 5.73. The molecule has 3 aliphatic heterocycles. The number of carbonyl (C=O) groups is 1. The molecule has 0 aliphatic carbocycles. The molecule has 2 aromatic rings. The van der Waals surface area contributed by atoms with E-state index in [0.29, 0.717) is 11.9 Å². The molecule has 2 atom stereocenters. The van der Waals surface area contributed by atoms with E-state index in [-0.39, 0.29) is 13.5 Å². The van der Waals surface area contributed by atoms with Gasteiger partial charge in [0.15, 0.2) is 0 Å². The van der Waals surface area contributed by atoms with Gasteiger partial charge in [-0.15, -0.1) is 11.8 Å².